The molecule has 0 radical (unpaired) electrons. The van der Waals surface area contributed by atoms with Gasteiger partial charge in [-0.3, -0.25) is 0 Å². The number of anilines is 2. The topological polar surface area (TPSA) is 55.0 Å². The Morgan fingerprint density at radius 2 is 2.15 bits per heavy atom. The Labute approximate surface area is 76.6 Å². The Bertz CT molecular complexity index is 300. The molecule has 1 heterocycles. The van der Waals surface area contributed by atoms with Crippen LogP contribution in [0, 0.1) is 5.82 Å². The summed E-state index contributed by atoms with van der Waals surface area (Å²) < 4.78 is 13.2. The fraction of sp³-hybridized carbons (Fsp3) is 0.500. The summed E-state index contributed by atoms with van der Waals surface area (Å²) >= 11 is 0. The Balaban J connectivity index is 3.05. The van der Waals surface area contributed by atoms with Gasteiger partial charge in [0.2, 0.25) is 5.95 Å². The molecule has 72 valence electrons. The zero-order valence-corrected chi connectivity index (χ0v) is 7.95. The van der Waals surface area contributed by atoms with Crippen LogP contribution in [0.2, 0.25) is 0 Å². The molecule has 0 unspecified atom stereocenters. The van der Waals surface area contributed by atoms with E-state index in [0.717, 1.165) is 6.20 Å². The minimum atomic E-state index is -0.453. The van der Waals surface area contributed by atoms with Crippen molar-refractivity contribution in [3.05, 3.63) is 12.0 Å². The monoisotopic (exact) mass is 184 g/mol. The molecule has 0 aliphatic rings. The van der Waals surface area contributed by atoms with Crippen LogP contribution in [-0.2, 0) is 0 Å². The van der Waals surface area contributed by atoms with E-state index in [1.54, 1.807) is 11.9 Å². The molecule has 0 aromatic carbocycles. The number of hydrogen-bond acceptors (Lipinski definition) is 4. The molecule has 0 atom stereocenters. The number of hydrogen-bond donors (Lipinski definition) is 1. The largest absolute Gasteiger partial charge is 0.368 e. The van der Waals surface area contributed by atoms with E-state index in [0.29, 0.717) is 0 Å². The second kappa shape index (κ2) is 3.55. The molecule has 13 heavy (non-hydrogen) atoms. The van der Waals surface area contributed by atoms with Crippen molar-refractivity contribution in [2.24, 2.45) is 0 Å². The van der Waals surface area contributed by atoms with Gasteiger partial charge >= 0.3 is 0 Å². The lowest BCUT2D eigenvalue weighted by molar-refractivity contribution is 0.598. The highest BCUT2D eigenvalue weighted by Crippen LogP contribution is 2.16. The van der Waals surface area contributed by atoms with E-state index in [2.05, 4.69) is 9.97 Å². The molecule has 0 spiro atoms. The lowest BCUT2D eigenvalue weighted by Crippen LogP contribution is -2.28. The van der Waals surface area contributed by atoms with Crippen molar-refractivity contribution in [2.75, 3.05) is 17.7 Å². The van der Waals surface area contributed by atoms with Crippen LogP contribution in [0.1, 0.15) is 13.8 Å². The number of rotatable bonds is 2. The highest BCUT2D eigenvalue weighted by atomic mass is 19.1. The molecule has 4 nitrogen and oxygen atoms in total. The van der Waals surface area contributed by atoms with Crippen LogP contribution in [0.25, 0.3) is 0 Å². The first-order valence-electron chi connectivity index (χ1n) is 4.03. The van der Waals surface area contributed by atoms with Crippen molar-refractivity contribution >= 4 is 11.8 Å². The summed E-state index contributed by atoms with van der Waals surface area (Å²) in [6, 6.07) is 0.170. The van der Waals surface area contributed by atoms with Gasteiger partial charge in [-0.2, -0.15) is 4.98 Å². The highest BCUT2D eigenvalue weighted by Gasteiger charge is 2.12. The van der Waals surface area contributed by atoms with Gasteiger partial charge in [0, 0.05) is 13.1 Å². The molecule has 0 aliphatic heterocycles. The van der Waals surface area contributed by atoms with Gasteiger partial charge < -0.3 is 10.6 Å². The molecule has 1 aromatic heterocycles. The summed E-state index contributed by atoms with van der Waals surface area (Å²) in [7, 11) is 1.76. The Morgan fingerprint density at radius 3 is 2.69 bits per heavy atom. The second-order valence-corrected chi connectivity index (χ2v) is 3.10. The molecule has 2 N–H and O–H groups in total. The van der Waals surface area contributed by atoms with Crippen LogP contribution in [-0.4, -0.2) is 23.1 Å². The summed E-state index contributed by atoms with van der Waals surface area (Å²) in [6.07, 6.45) is 1.08. The first kappa shape index (κ1) is 9.70. The molecular weight excluding hydrogens is 171 g/mol. The van der Waals surface area contributed by atoms with E-state index in [1.165, 1.54) is 0 Å². The fourth-order valence-electron chi connectivity index (χ4n) is 0.863. The fourth-order valence-corrected chi connectivity index (χ4v) is 0.863. The lowest BCUT2D eigenvalue weighted by Gasteiger charge is -2.22. The van der Waals surface area contributed by atoms with Crippen molar-refractivity contribution in [3.63, 3.8) is 0 Å². The molecule has 1 aromatic rings. The average Bonchev–Trinajstić information content (AvgIpc) is 2.08. The molecule has 5 heteroatoms. The average molecular weight is 184 g/mol. The van der Waals surface area contributed by atoms with Gasteiger partial charge in [0.25, 0.3) is 0 Å². The molecule has 1 rings (SSSR count). The first-order valence-corrected chi connectivity index (χ1v) is 4.03. The molecule has 0 amide bonds. The SMILES string of the molecule is CC(C)N(C)c1nc(N)ncc1F. The number of nitrogens with two attached hydrogens (primary N) is 1. The Hall–Kier alpha value is -1.39. The molecule has 0 bridgehead atoms. The van der Waals surface area contributed by atoms with Crippen molar-refractivity contribution in [2.45, 2.75) is 19.9 Å². The number of aromatic nitrogens is 2. The maximum Gasteiger partial charge on any atom is 0.222 e. The van der Waals surface area contributed by atoms with Crippen molar-refractivity contribution in [1.29, 1.82) is 0 Å². The van der Waals surface area contributed by atoms with E-state index < -0.39 is 5.82 Å². The van der Waals surface area contributed by atoms with Crippen molar-refractivity contribution < 1.29 is 4.39 Å². The van der Waals surface area contributed by atoms with Crippen LogP contribution in [0.3, 0.4) is 0 Å². The smallest absolute Gasteiger partial charge is 0.222 e. The molecule has 0 saturated carbocycles. The maximum absolute atomic E-state index is 13.2. The number of nitrogen functional groups attached to an aromatic ring is 1. The third kappa shape index (κ3) is 2.05. The van der Waals surface area contributed by atoms with Gasteiger partial charge in [0.1, 0.15) is 0 Å². The van der Waals surface area contributed by atoms with E-state index in [4.69, 9.17) is 5.73 Å². The van der Waals surface area contributed by atoms with Crippen LogP contribution >= 0.6 is 0 Å². The zero-order chi connectivity index (χ0) is 10.0. The first-order chi connectivity index (χ1) is 6.02. The van der Waals surface area contributed by atoms with Gasteiger partial charge in [-0.05, 0) is 13.8 Å². The minimum Gasteiger partial charge on any atom is -0.368 e. The Kier molecular flexibility index (Phi) is 2.65. The third-order valence-corrected chi connectivity index (χ3v) is 1.85. The Morgan fingerprint density at radius 1 is 1.54 bits per heavy atom. The normalized spacial score (nSPS) is 10.5. The molecule has 0 aliphatic carbocycles. The van der Waals surface area contributed by atoms with Gasteiger partial charge in [0.15, 0.2) is 11.6 Å². The summed E-state index contributed by atoms with van der Waals surface area (Å²) in [5.74, 6) is -0.128. The highest BCUT2D eigenvalue weighted by molar-refractivity contribution is 5.42. The van der Waals surface area contributed by atoms with Crippen LogP contribution < -0.4 is 10.6 Å². The van der Waals surface area contributed by atoms with Crippen molar-refractivity contribution in [1.82, 2.24) is 9.97 Å². The summed E-state index contributed by atoms with van der Waals surface area (Å²) in [5, 5.41) is 0. The van der Waals surface area contributed by atoms with E-state index >= 15 is 0 Å². The van der Waals surface area contributed by atoms with Crippen molar-refractivity contribution in [3.8, 4) is 0 Å². The lowest BCUT2D eigenvalue weighted by atomic mass is 10.3. The summed E-state index contributed by atoms with van der Waals surface area (Å²) in [4.78, 5) is 9.06. The van der Waals surface area contributed by atoms with Crippen LogP contribution in [0.15, 0.2) is 6.20 Å². The maximum atomic E-state index is 13.2. The van der Waals surface area contributed by atoms with Crippen LogP contribution in [0.5, 0.6) is 0 Å². The summed E-state index contributed by atoms with van der Waals surface area (Å²) in [5.41, 5.74) is 5.35. The third-order valence-electron chi connectivity index (χ3n) is 1.85. The van der Waals surface area contributed by atoms with Gasteiger partial charge in [0.05, 0.1) is 6.20 Å². The number of halogens is 1. The number of nitrogens with zero attached hydrogens (tertiary/aromatic N) is 3. The second-order valence-electron chi connectivity index (χ2n) is 3.10. The molecular formula is C8H13FN4. The van der Waals surface area contributed by atoms with Gasteiger partial charge in [-0.15, -0.1) is 0 Å². The summed E-state index contributed by atoms with van der Waals surface area (Å²) in [6.45, 7) is 3.88. The van der Waals surface area contributed by atoms with Gasteiger partial charge in [-0.25, -0.2) is 9.37 Å². The zero-order valence-electron chi connectivity index (χ0n) is 7.95. The minimum absolute atomic E-state index is 0.0869. The van der Waals surface area contributed by atoms with Crippen LogP contribution in [0.4, 0.5) is 16.2 Å². The predicted octanol–water partition coefficient (Wildman–Crippen LogP) is 1.04. The predicted molar refractivity (Wildman–Crippen MR) is 49.9 cm³/mol. The standard InChI is InChI=1S/C8H13FN4/c1-5(2)13(3)7-6(9)4-11-8(10)12-7/h4-5H,1-3H3,(H2,10,11,12). The molecule has 0 fully saturated rings. The molecule has 0 saturated heterocycles. The van der Waals surface area contributed by atoms with Gasteiger partial charge in [-0.1, -0.05) is 0 Å². The van der Waals surface area contributed by atoms with E-state index in [-0.39, 0.29) is 17.8 Å². The van der Waals surface area contributed by atoms with E-state index in [1.807, 2.05) is 13.8 Å². The van der Waals surface area contributed by atoms with E-state index in [9.17, 15) is 4.39 Å². The quantitative estimate of drug-likeness (QED) is 0.746.